The number of sulfonamides is 1. The van der Waals surface area contributed by atoms with Crippen LogP contribution in [0.3, 0.4) is 0 Å². The number of nitrogens with one attached hydrogen (secondary N) is 1. The van der Waals surface area contributed by atoms with Crippen LogP contribution in [0, 0.1) is 19.7 Å². The molecule has 0 spiro atoms. The van der Waals surface area contributed by atoms with E-state index in [1.54, 1.807) is 18.5 Å². The van der Waals surface area contributed by atoms with Crippen LogP contribution in [0.1, 0.15) is 11.4 Å². The predicted octanol–water partition coefficient (Wildman–Crippen LogP) is 3.43. The number of aryl methyl sites for hydroxylation is 1. The van der Waals surface area contributed by atoms with E-state index in [4.69, 9.17) is 0 Å². The number of rotatable bonds is 4. The first-order valence-corrected chi connectivity index (χ1v) is 8.77. The lowest BCUT2D eigenvalue weighted by atomic mass is 10.3. The van der Waals surface area contributed by atoms with Crippen LogP contribution in [-0.2, 0) is 10.0 Å². The minimum absolute atomic E-state index is 0.131. The third kappa shape index (κ3) is 3.03. The number of aromatic nitrogens is 2. The first kappa shape index (κ1) is 16.2. The first-order chi connectivity index (χ1) is 11.4. The van der Waals surface area contributed by atoms with Gasteiger partial charge in [0.05, 0.1) is 27.7 Å². The van der Waals surface area contributed by atoms with E-state index in [0.717, 1.165) is 11.8 Å². The molecule has 3 rings (SSSR count). The summed E-state index contributed by atoms with van der Waals surface area (Å²) in [5.74, 6) is -0.605. The van der Waals surface area contributed by atoms with Gasteiger partial charge in [0.25, 0.3) is 10.0 Å². The van der Waals surface area contributed by atoms with Crippen LogP contribution in [0.5, 0.6) is 0 Å². The highest BCUT2D eigenvalue weighted by Gasteiger charge is 2.20. The molecule has 0 atom stereocenters. The van der Waals surface area contributed by atoms with Crippen molar-refractivity contribution in [2.75, 3.05) is 4.72 Å². The third-order valence-electron chi connectivity index (χ3n) is 3.63. The number of hydrogen-bond acceptors (Lipinski definition) is 3. The molecule has 0 saturated heterocycles. The monoisotopic (exact) mass is 345 g/mol. The molecule has 24 heavy (non-hydrogen) atoms. The van der Waals surface area contributed by atoms with Crippen molar-refractivity contribution in [2.24, 2.45) is 0 Å². The van der Waals surface area contributed by atoms with Crippen molar-refractivity contribution < 1.29 is 12.8 Å². The number of hydrogen-bond donors (Lipinski definition) is 1. The Balaban J connectivity index is 2.01. The van der Waals surface area contributed by atoms with E-state index in [0.29, 0.717) is 17.1 Å². The Morgan fingerprint density at radius 2 is 1.75 bits per heavy atom. The summed E-state index contributed by atoms with van der Waals surface area (Å²) in [5, 5.41) is 4.39. The normalized spacial score (nSPS) is 11.5. The number of nitrogens with zero attached hydrogens (tertiary/aromatic N) is 2. The summed E-state index contributed by atoms with van der Waals surface area (Å²) in [6.45, 7) is 3.49. The third-order valence-corrected chi connectivity index (χ3v) is 4.98. The maximum absolute atomic E-state index is 13.3. The predicted molar refractivity (Wildman–Crippen MR) is 90.2 cm³/mol. The zero-order valence-electron chi connectivity index (χ0n) is 13.2. The number of para-hydroxylation sites is 1. The SMILES string of the molecule is Cc1nn(-c2ccccc2)c(C)c1NS(=O)(=O)c1cccc(F)c1. The minimum Gasteiger partial charge on any atom is -0.276 e. The fourth-order valence-electron chi connectivity index (χ4n) is 2.44. The van der Waals surface area contributed by atoms with Crippen LogP contribution in [0.4, 0.5) is 10.1 Å². The van der Waals surface area contributed by atoms with Crippen molar-refractivity contribution in [1.29, 1.82) is 0 Å². The average molecular weight is 345 g/mol. The molecule has 0 amide bonds. The van der Waals surface area contributed by atoms with E-state index in [-0.39, 0.29) is 4.90 Å². The van der Waals surface area contributed by atoms with Gasteiger partial charge in [0.15, 0.2) is 0 Å². The van der Waals surface area contributed by atoms with Crippen molar-refractivity contribution in [2.45, 2.75) is 18.7 Å². The first-order valence-electron chi connectivity index (χ1n) is 7.28. The minimum atomic E-state index is -3.89. The van der Waals surface area contributed by atoms with Gasteiger partial charge in [-0.1, -0.05) is 24.3 Å². The summed E-state index contributed by atoms with van der Waals surface area (Å²) >= 11 is 0. The molecule has 0 radical (unpaired) electrons. The highest BCUT2D eigenvalue weighted by molar-refractivity contribution is 7.92. The van der Waals surface area contributed by atoms with Crippen molar-refractivity contribution >= 4 is 15.7 Å². The van der Waals surface area contributed by atoms with Gasteiger partial charge in [0, 0.05) is 0 Å². The van der Waals surface area contributed by atoms with Crippen LogP contribution >= 0.6 is 0 Å². The summed E-state index contributed by atoms with van der Waals surface area (Å²) < 4.78 is 42.5. The summed E-state index contributed by atoms with van der Waals surface area (Å²) in [7, 11) is -3.89. The number of halogens is 1. The van der Waals surface area contributed by atoms with E-state index < -0.39 is 15.8 Å². The van der Waals surface area contributed by atoms with Crippen LogP contribution in [0.15, 0.2) is 59.5 Å². The van der Waals surface area contributed by atoms with Gasteiger partial charge >= 0.3 is 0 Å². The van der Waals surface area contributed by atoms with Gasteiger partial charge in [-0.05, 0) is 44.2 Å². The molecule has 0 saturated carbocycles. The Morgan fingerprint density at radius 1 is 1.04 bits per heavy atom. The van der Waals surface area contributed by atoms with E-state index >= 15 is 0 Å². The Bertz CT molecular complexity index is 982. The van der Waals surface area contributed by atoms with Crippen molar-refractivity contribution in [3.8, 4) is 5.69 Å². The van der Waals surface area contributed by atoms with E-state index in [2.05, 4.69) is 9.82 Å². The Labute approximate surface area is 139 Å². The zero-order chi connectivity index (χ0) is 17.3. The molecule has 0 aliphatic rings. The molecule has 1 aromatic heterocycles. The lowest BCUT2D eigenvalue weighted by Crippen LogP contribution is -2.14. The topological polar surface area (TPSA) is 64.0 Å². The Hall–Kier alpha value is -2.67. The summed E-state index contributed by atoms with van der Waals surface area (Å²) in [4.78, 5) is -0.131. The molecule has 1 heterocycles. The Kier molecular flexibility index (Phi) is 4.11. The highest BCUT2D eigenvalue weighted by Crippen LogP contribution is 2.25. The van der Waals surface area contributed by atoms with Crippen LogP contribution in [0.25, 0.3) is 5.69 Å². The zero-order valence-corrected chi connectivity index (χ0v) is 14.0. The average Bonchev–Trinajstić information content (AvgIpc) is 2.83. The fraction of sp³-hybridized carbons (Fsp3) is 0.118. The molecular formula is C17H16FN3O2S. The quantitative estimate of drug-likeness (QED) is 0.788. The summed E-state index contributed by atoms with van der Waals surface area (Å²) in [6, 6.07) is 14.3. The van der Waals surface area contributed by atoms with Crippen LogP contribution in [-0.4, -0.2) is 18.2 Å². The van der Waals surface area contributed by atoms with E-state index in [1.807, 2.05) is 30.3 Å². The molecule has 3 aromatic rings. The molecular weight excluding hydrogens is 329 g/mol. The molecule has 0 aliphatic carbocycles. The molecule has 124 valence electrons. The second-order valence-electron chi connectivity index (χ2n) is 5.36. The molecule has 7 heteroatoms. The smallest absolute Gasteiger partial charge is 0.262 e. The highest BCUT2D eigenvalue weighted by atomic mass is 32.2. The lowest BCUT2D eigenvalue weighted by molar-refractivity contribution is 0.595. The summed E-state index contributed by atoms with van der Waals surface area (Å²) in [6.07, 6.45) is 0. The fourth-order valence-corrected chi connectivity index (χ4v) is 3.65. The molecule has 0 bridgehead atoms. The standard InChI is InChI=1S/C17H16FN3O2S/c1-12-17(13(2)21(19-12)15-8-4-3-5-9-15)20-24(22,23)16-10-6-7-14(18)11-16/h3-11,20H,1-2H3. The van der Waals surface area contributed by atoms with Gasteiger partial charge in [-0.3, -0.25) is 4.72 Å². The van der Waals surface area contributed by atoms with E-state index in [1.165, 1.54) is 18.2 Å². The van der Waals surface area contributed by atoms with Crippen molar-refractivity contribution in [1.82, 2.24) is 9.78 Å². The van der Waals surface area contributed by atoms with Crippen molar-refractivity contribution in [3.63, 3.8) is 0 Å². The molecule has 5 nitrogen and oxygen atoms in total. The molecule has 0 unspecified atom stereocenters. The van der Waals surface area contributed by atoms with Gasteiger partial charge in [-0.15, -0.1) is 0 Å². The second-order valence-corrected chi connectivity index (χ2v) is 7.04. The van der Waals surface area contributed by atoms with Gasteiger partial charge in [-0.25, -0.2) is 17.5 Å². The van der Waals surface area contributed by atoms with Gasteiger partial charge < -0.3 is 0 Å². The van der Waals surface area contributed by atoms with Crippen molar-refractivity contribution in [3.05, 3.63) is 71.8 Å². The molecule has 0 fully saturated rings. The molecule has 2 aromatic carbocycles. The van der Waals surface area contributed by atoms with Gasteiger partial charge in [0.2, 0.25) is 0 Å². The van der Waals surface area contributed by atoms with Crippen LogP contribution in [0.2, 0.25) is 0 Å². The Morgan fingerprint density at radius 3 is 2.42 bits per heavy atom. The molecule has 1 N–H and O–H groups in total. The van der Waals surface area contributed by atoms with E-state index in [9.17, 15) is 12.8 Å². The lowest BCUT2D eigenvalue weighted by Gasteiger charge is -2.09. The largest absolute Gasteiger partial charge is 0.276 e. The second kappa shape index (κ2) is 6.09. The number of benzene rings is 2. The summed E-state index contributed by atoms with van der Waals surface area (Å²) in [5.41, 5.74) is 2.41. The number of anilines is 1. The van der Waals surface area contributed by atoms with Gasteiger partial charge in [-0.2, -0.15) is 5.10 Å². The molecule has 0 aliphatic heterocycles. The van der Waals surface area contributed by atoms with Crippen LogP contribution < -0.4 is 4.72 Å². The van der Waals surface area contributed by atoms with Gasteiger partial charge in [0.1, 0.15) is 5.82 Å². The maximum atomic E-state index is 13.3. The maximum Gasteiger partial charge on any atom is 0.262 e.